The van der Waals surface area contributed by atoms with Crippen molar-refractivity contribution in [3.63, 3.8) is 0 Å². The number of hydrogen-bond donors (Lipinski definition) is 1. The van der Waals surface area contributed by atoms with Crippen LogP contribution < -0.4 is 10.1 Å². The van der Waals surface area contributed by atoms with Crippen molar-refractivity contribution < 1.29 is 4.74 Å². The van der Waals surface area contributed by atoms with Crippen molar-refractivity contribution in [3.05, 3.63) is 46.8 Å². The second kappa shape index (κ2) is 5.63. The summed E-state index contributed by atoms with van der Waals surface area (Å²) in [5.41, 5.74) is 2.00. The summed E-state index contributed by atoms with van der Waals surface area (Å²) in [5.74, 6) is 0.644. The average molecular weight is 294 g/mol. The van der Waals surface area contributed by atoms with E-state index in [9.17, 15) is 0 Å². The van der Waals surface area contributed by atoms with Crippen LogP contribution in [-0.2, 0) is 6.54 Å². The molecule has 0 aliphatic rings. The number of anilines is 1. The van der Waals surface area contributed by atoms with E-state index >= 15 is 0 Å². The van der Waals surface area contributed by atoms with Gasteiger partial charge in [-0.15, -0.1) is 0 Å². The minimum atomic E-state index is 0.644. The van der Waals surface area contributed by atoms with Crippen molar-refractivity contribution in [1.82, 2.24) is 9.97 Å². The quantitative estimate of drug-likeness (QED) is 0.942. The number of ether oxygens (including phenoxy) is 1. The van der Waals surface area contributed by atoms with Gasteiger partial charge in [0.05, 0.1) is 17.3 Å². The van der Waals surface area contributed by atoms with Gasteiger partial charge in [-0.05, 0) is 28.1 Å². The molecule has 0 unspecified atom stereocenters. The zero-order chi connectivity index (χ0) is 12.1. The number of methoxy groups -OCH3 is 1. The summed E-state index contributed by atoms with van der Waals surface area (Å²) in [6.45, 7) is 0.652. The van der Waals surface area contributed by atoms with Gasteiger partial charge in [-0.1, -0.05) is 6.07 Å². The number of halogens is 1. The first-order chi connectivity index (χ1) is 8.31. The molecule has 0 amide bonds. The van der Waals surface area contributed by atoms with E-state index in [0.717, 1.165) is 15.7 Å². The lowest BCUT2D eigenvalue weighted by Gasteiger charge is -2.10. The first-order valence-corrected chi connectivity index (χ1v) is 5.92. The van der Waals surface area contributed by atoms with Crippen LogP contribution >= 0.6 is 15.9 Å². The molecule has 0 saturated heterocycles. The van der Waals surface area contributed by atoms with Crippen molar-refractivity contribution in [2.75, 3.05) is 12.4 Å². The van der Waals surface area contributed by atoms with Crippen LogP contribution in [0.3, 0.4) is 0 Å². The lowest BCUT2D eigenvalue weighted by molar-refractivity contribution is 0.393. The normalized spacial score (nSPS) is 10.0. The number of nitrogens with zero attached hydrogens (tertiary/aromatic N) is 2. The average Bonchev–Trinajstić information content (AvgIpc) is 2.38. The van der Waals surface area contributed by atoms with Gasteiger partial charge < -0.3 is 10.1 Å². The molecule has 88 valence electrons. The van der Waals surface area contributed by atoms with E-state index < -0.39 is 0 Å². The molecule has 1 N–H and O–H groups in total. The zero-order valence-corrected chi connectivity index (χ0v) is 10.9. The van der Waals surface area contributed by atoms with Crippen LogP contribution in [0.2, 0.25) is 0 Å². The van der Waals surface area contributed by atoms with Crippen molar-refractivity contribution in [1.29, 1.82) is 0 Å². The molecule has 0 aliphatic carbocycles. The zero-order valence-electron chi connectivity index (χ0n) is 9.35. The van der Waals surface area contributed by atoms with E-state index in [1.807, 2.05) is 18.2 Å². The fourth-order valence-electron chi connectivity index (χ4n) is 1.45. The second-order valence-corrected chi connectivity index (χ2v) is 4.24. The summed E-state index contributed by atoms with van der Waals surface area (Å²) in [5, 5.41) is 3.30. The van der Waals surface area contributed by atoms with Gasteiger partial charge in [-0.3, -0.25) is 4.98 Å². The van der Waals surface area contributed by atoms with Crippen LogP contribution in [0.15, 0.2) is 41.3 Å². The molecule has 5 heteroatoms. The molecule has 2 heterocycles. The van der Waals surface area contributed by atoms with Gasteiger partial charge in [-0.25, -0.2) is 4.98 Å². The maximum atomic E-state index is 5.19. The smallest absolute Gasteiger partial charge is 0.218 e. The highest BCUT2D eigenvalue weighted by Gasteiger charge is 2.04. The molecule has 2 aromatic rings. The highest BCUT2D eigenvalue weighted by Crippen LogP contribution is 2.22. The highest BCUT2D eigenvalue weighted by molar-refractivity contribution is 9.10. The standard InChI is InChI=1S/C12H12BrN3O/c1-17-12-9(3-2-5-15-12)7-16-11-4-6-14-8-10(11)13/h2-6,8H,7H2,1H3,(H,14,16). The Hall–Kier alpha value is -1.62. The lowest BCUT2D eigenvalue weighted by atomic mass is 10.2. The van der Waals surface area contributed by atoms with E-state index in [0.29, 0.717) is 12.4 Å². The molecule has 0 saturated carbocycles. The fraction of sp³-hybridized carbons (Fsp3) is 0.167. The highest BCUT2D eigenvalue weighted by atomic mass is 79.9. The summed E-state index contributed by atoms with van der Waals surface area (Å²) in [7, 11) is 1.62. The van der Waals surface area contributed by atoms with Crippen molar-refractivity contribution in [3.8, 4) is 5.88 Å². The Morgan fingerprint density at radius 3 is 3.00 bits per heavy atom. The Kier molecular flexibility index (Phi) is 3.93. The number of rotatable bonds is 4. The van der Waals surface area contributed by atoms with Crippen LogP contribution in [0.4, 0.5) is 5.69 Å². The molecule has 2 aromatic heterocycles. The molecule has 0 atom stereocenters. The maximum absolute atomic E-state index is 5.19. The predicted octanol–water partition coefficient (Wildman–Crippen LogP) is 2.86. The van der Waals surface area contributed by atoms with Gasteiger partial charge in [0, 0.05) is 30.7 Å². The summed E-state index contributed by atoms with van der Waals surface area (Å²) in [6.07, 6.45) is 5.21. The first-order valence-electron chi connectivity index (χ1n) is 5.12. The predicted molar refractivity (Wildman–Crippen MR) is 70.1 cm³/mol. The molecule has 2 rings (SSSR count). The summed E-state index contributed by atoms with van der Waals surface area (Å²) in [6, 6.07) is 5.78. The van der Waals surface area contributed by atoms with Crippen LogP contribution in [0, 0.1) is 0 Å². The minimum absolute atomic E-state index is 0.644. The molecule has 0 spiro atoms. The van der Waals surface area contributed by atoms with E-state index in [4.69, 9.17) is 4.74 Å². The van der Waals surface area contributed by atoms with Gasteiger partial charge in [0.25, 0.3) is 0 Å². The molecule has 17 heavy (non-hydrogen) atoms. The molecule has 0 aliphatic heterocycles. The molecular formula is C12H12BrN3O. The summed E-state index contributed by atoms with van der Waals surface area (Å²) < 4.78 is 6.12. The fourth-order valence-corrected chi connectivity index (χ4v) is 1.84. The Balaban J connectivity index is 2.10. The third-order valence-corrected chi connectivity index (χ3v) is 2.92. The molecular weight excluding hydrogens is 282 g/mol. The van der Waals surface area contributed by atoms with Crippen LogP contribution in [0.5, 0.6) is 5.88 Å². The Labute approximate surface area is 108 Å². The second-order valence-electron chi connectivity index (χ2n) is 3.38. The third kappa shape index (κ3) is 2.94. The Morgan fingerprint density at radius 2 is 2.24 bits per heavy atom. The van der Waals surface area contributed by atoms with Gasteiger partial charge in [-0.2, -0.15) is 0 Å². The maximum Gasteiger partial charge on any atom is 0.218 e. The first kappa shape index (κ1) is 11.9. The SMILES string of the molecule is COc1ncccc1CNc1ccncc1Br. The number of nitrogens with one attached hydrogen (secondary N) is 1. The van der Waals surface area contributed by atoms with Crippen molar-refractivity contribution in [2.24, 2.45) is 0 Å². The molecule has 0 bridgehead atoms. The largest absolute Gasteiger partial charge is 0.481 e. The number of pyridine rings is 2. The monoisotopic (exact) mass is 293 g/mol. The van der Waals surface area contributed by atoms with Crippen LogP contribution in [0.25, 0.3) is 0 Å². The lowest BCUT2D eigenvalue weighted by Crippen LogP contribution is -2.03. The Morgan fingerprint density at radius 1 is 1.35 bits per heavy atom. The summed E-state index contributed by atoms with van der Waals surface area (Å²) in [4.78, 5) is 8.16. The van der Waals surface area contributed by atoms with E-state index in [1.54, 1.807) is 25.7 Å². The van der Waals surface area contributed by atoms with E-state index in [-0.39, 0.29) is 0 Å². The van der Waals surface area contributed by atoms with Crippen LogP contribution in [0.1, 0.15) is 5.56 Å². The van der Waals surface area contributed by atoms with E-state index in [1.165, 1.54) is 0 Å². The molecule has 0 radical (unpaired) electrons. The van der Waals surface area contributed by atoms with Crippen LogP contribution in [-0.4, -0.2) is 17.1 Å². The topological polar surface area (TPSA) is 47.0 Å². The third-order valence-electron chi connectivity index (χ3n) is 2.29. The van der Waals surface area contributed by atoms with Gasteiger partial charge in [0.2, 0.25) is 5.88 Å². The van der Waals surface area contributed by atoms with Gasteiger partial charge >= 0.3 is 0 Å². The summed E-state index contributed by atoms with van der Waals surface area (Å²) >= 11 is 3.43. The van der Waals surface area contributed by atoms with Gasteiger partial charge in [0.15, 0.2) is 0 Å². The van der Waals surface area contributed by atoms with E-state index in [2.05, 4.69) is 31.2 Å². The minimum Gasteiger partial charge on any atom is -0.481 e. The molecule has 0 aromatic carbocycles. The van der Waals surface area contributed by atoms with Gasteiger partial charge in [0.1, 0.15) is 0 Å². The molecule has 4 nitrogen and oxygen atoms in total. The number of hydrogen-bond acceptors (Lipinski definition) is 4. The Bertz CT molecular complexity index is 505. The van der Waals surface area contributed by atoms with Crippen molar-refractivity contribution >= 4 is 21.6 Å². The number of aromatic nitrogens is 2. The molecule has 0 fully saturated rings. The van der Waals surface area contributed by atoms with Crippen molar-refractivity contribution in [2.45, 2.75) is 6.54 Å².